The van der Waals surface area contributed by atoms with Gasteiger partial charge < -0.3 is 4.90 Å². The number of hydrogen-bond acceptors (Lipinski definition) is 3. The summed E-state index contributed by atoms with van der Waals surface area (Å²) in [4.78, 5) is 11.5. The molecule has 2 aromatic carbocycles. The summed E-state index contributed by atoms with van der Waals surface area (Å²) in [5.74, 6) is 0. The molecule has 0 unspecified atom stereocenters. The van der Waals surface area contributed by atoms with E-state index in [0.717, 1.165) is 19.3 Å². The minimum Gasteiger partial charge on any atom is -0.308 e. The highest BCUT2D eigenvalue weighted by Crippen LogP contribution is 2.53. The lowest BCUT2D eigenvalue weighted by atomic mass is 9.85. The Bertz CT molecular complexity index is 1310. The van der Waals surface area contributed by atoms with E-state index in [1.54, 1.807) is 0 Å². The molecule has 3 aliphatic rings. The van der Waals surface area contributed by atoms with Gasteiger partial charge in [0.1, 0.15) is 0 Å². The van der Waals surface area contributed by atoms with Crippen molar-refractivity contribution >= 4 is 17.1 Å². The third-order valence-corrected chi connectivity index (χ3v) is 6.45. The largest absolute Gasteiger partial charge is 0.308 e. The van der Waals surface area contributed by atoms with Crippen LogP contribution in [0.5, 0.6) is 0 Å². The van der Waals surface area contributed by atoms with Gasteiger partial charge in [0, 0.05) is 31.4 Å². The molecule has 0 saturated carbocycles. The summed E-state index contributed by atoms with van der Waals surface area (Å²) >= 11 is 0. The molecule has 132 valence electrons. The second-order valence-corrected chi connectivity index (χ2v) is 7.93. The van der Waals surface area contributed by atoms with Gasteiger partial charge in [-0.1, -0.05) is 30.3 Å². The molecule has 2 aromatic heterocycles. The zero-order valence-electron chi connectivity index (χ0n) is 15.3. The van der Waals surface area contributed by atoms with E-state index in [4.69, 9.17) is 0 Å². The molecule has 0 radical (unpaired) electrons. The van der Waals surface area contributed by atoms with Crippen molar-refractivity contribution in [1.29, 1.82) is 0 Å². The summed E-state index contributed by atoms with van der Waals surface area (Å²) in [7, 11) is 0. The Hall–Kier alpha value is -3.46. The number of rotatable bonds is 0. The van der Waals surface area contributed by atoms with Crippen LogP contribution in [-0.2, 0) is 19.3 Å². The van der Waals surface area contributed by atoms with Gasteiger partial charge in [-0.05, 0) is 63.1 Å². The number of nitrogens with zero attached hydrogens (tertiary/aromatic N) is 3. The Balaban J connectivity index is 1.56. The first-order valence-corrected chi connectivity index (χ1v) is 9.80. The third kappa shape index (κ3) is 1.74. The monoisotopic (exact) mass is 359 g/mol. The van der Waals surface area contributed by atoms with Crippen molar-refractivity contribution < 1.29 is 0 Å². The molecule has 2 aliphatic heterocycles. The Kier molecular flexibility index (Phi) is 2.64. The minimum atomic E-state index is 0.924. The molecule has 7 rings (SSSR count). The summed E-state index contributed by atoms with van der Waals surface area (Å²) in [6.07, 6.45) is 10.9. The molecule has 3 nitrogen and oxygen atoms in total. The molecule has 0 atom stereocenters. The lowest BCUT2D eigenvalue weighted by molar-refractivity contribution is 0.978. The van der Waals surface area contributed by atoms with Crippen LogP contribution in [0, 0.1) is 0 Å². The summed E-state index contributed by atoms with van der Waals surface area (Å²) in [5.41, 5.74) is 14.9. The fourth-order valence-electron chi connectivity index (χ4n) is 5.30. The van der Waals surface area contributed by atoms with Gasteiger partial charge >= 0.3 is 0 Å². The van der Waals surface area contributed by atoms with Gasteiger partial charge in [0.05, 0.1) is 23.3 Å². The van der Waals surface area contributed by atoms with Crippen molar-refractivity contribution in [1.82, 2.24) is 9.97 Å². The number of hydrogen-bond donors (Lipinski definition) is 0. The van der Waals surface area contributed by atoms with Gasteiger partial charge in [-0.3, -0.25) is 9.97 Å². The smallest absolute Gasteiger partial charge is 0.0680 e. The minimum absolute atomic E-state index is 0.924. The van der Waals surface area contributed by atoms with Crippen LogP contribution in [0.3, 0.4) is 0 Å². The van der Waals surface area contributed by atoms with Gasteiger partial charge in [-0.15, -0.1) is 0 Å². The van der Waals surface area contributed by atoms with E-state index < -0.39 is 0 Å². The number of fused-ring (bicyclic) bond motifs is 8. The number of anilines is 3. The summed E-state index contributed by atoms with van der Waals surface area (Å²) < 4.78 is 0. The summed E-state index contributed by atoms with van der Waals surface area (Å²) in [6, 6.07) is 15.6. The maximum Gasteiger partial charge on any atom is 0.0680 e. The van der Waals surface area contributed by atoms with Crippen LogP contribution < -0.4 is 4.90 Å². The predicted molar refractivity (Wildman–Crippen MR) is 111 cm³/mol. The van der Waals surface area contributed by atoms with Crippen molar-refractivity contribution in [2.45, 2.75) is 19.3 Å². The average molecular weight is 359 g/mol. The van der Waals surface area contributed by atoms with Gasteiger partial charge in [0.2, 0.25) is 0 Å². The van der Waals surface area contributed by atoms with E-state index in [1.807, 2.05) is 18.6 Å². The molecular weight excluding hydrogens is 342 g/mol. The van der Waals surface area contributed by atoms with Gasteiger partial charge in [0.25, 0.3) is 0 Å². The van der Waals surface area contributed by atoms with E-state index in [9.17, 15) is 0 Å². The Labute approximate surface area is 163 Å². The summed E-state index contributed by atoms with van der Waals surface area (Å²) in [6.45, 7) is 0. The summed E-state index contributed by atoms with van der Waals surface area (Å²) in [5, 5.41) is 0. The Morgan fingerprint density at radius 1 is 0.643 bits per heavy atom. The van der Waals surface area contributed by atoms with Crippen molar-refractivity contribution in [2.24, 2.45) is 0 Å². The molecule has 0 bridgehead atoms. The van der Waals surface area contributed by atoms with E-state index in [-0.39, 0.29) is 0 Å². The number of aromatic nitrogens is 2. The molecule has 0 N–H and O–H groups in total. The maximum atomic E-state index is 4.58. The average Bonchev–Trinajstić information content (AvgIpc) is 3.12. The molecule has 0 spiro atoms. The number of benzene rings is 2. The first-order chi connectivity index (χ1) is 13.9. The van der Waals surface area contributed by atoms with Crippen molar-refractivity contribution in [3.8, 4) is 11.1 Å². The van der Waals surface area contributed by atoms with E-state index in [2.05, 4.69) is 63.5 Å². The van der Waals surface area contributed by atoms with E-state index in [1.165, 1.54) is 61.6 Å². The van der Waals surface area contributed by atoms with E-state index >= 15 is 0 Å². The van der Waals surface area contributed by atoms with Crippen LogP contribution in [0.1, 0.15) is 33.4 Å². The van der Waals surface area contributed by atoms with Crippen LogP contribution >= 0.6 is 0 Å². The van der Waals surface area contributed by atoms with Crippen LogP contribution in [0.15, 0.2) is 67.3 Å². The van der Waals surface area contributed by atoms with Crippen molar-refractivity contribution in [3.63, 3.8) is 0 Å². The van der Waals surface area contributed by atoms with Crippen molar-refractivity contribution in [3.05, 3.63) is 101 Å². The lowest BCUT2D eigenvalue weighted by Crippen LogP contribution is -2.25. The fourth-order valence-corrected chi connectivity index (χ4v) is 5.30. The molecule has 3 heteroatoms. The highest BCUT2D eigenvalue weighted by Gasteiger charge is 2.34. The molecule has 28 heavy (non-hydrogen) atoms. The zero-order chi connectivity index (χ0) is 18.2. The molecule has 0 saturated heterocycles. The van der Waals surface area contributed by atoms with Gasteiger partial charge in [-0.25, -0.2) is 0 Å². The van der Waals surface area contributed by atoms with Gasteiger partial charge in [0.15, 0.2) is 0 Å². The molecule has 4 heterocycles. The van der Waals surface area contributed by atoms with Crippen molar-refractivity contribution in [2.75, 3.05) is 4.90 Å². The third-order valence-electron chi connectivity index (χ3n) is 6.45. The van der Waals surface area contributed by atoms with E-state index in [0.29, 0.717) is 0 Å². The molecule has 0 fully saturated rings. The van der Waals surface area contributed by atoms with Crippen LogP contribution in [0.2, 0.25) is 0 Å². The first-order valence-electron chi connectivity index (χ1n) is 9.80. The molecule has 4 aromatic rings. The predicted octanol–water partition coefficient (Wildman–Crippen LogP) is 5.33. The van der Waals surface area contributed by atoms with Crippen LogP contribution in [0.25, 0.3) is 11.1 Å². The normalized spacial score (nSPS) is 14.6. The SMILES string of the molecule is c1ccc2c(c1)Cc1ccc3c(c1-2)Cc1cncc2c1N3c1cnccc1C2. The topological polar surface area (TPSA) is 29.0 Å². The molecule has 0 amide bonds. The second kappa shape index (κ2) is 5.08. The highest BCUT2D eigenvalue weighted by molar-refractivity contribution is 5.94. The standard InChI is InChI=1S/C25H17N3/c1-2-4-20-15(3-1)9-17-5-6-22-21(24(17)20)11-19-13-27-12-18-10-16-7-8-26-14-23(16)28(22)25(18)19/h1-8,12-14H,9-11H2. The Morgan fingerprint density at radius 2 is 1.50 bits per heavy atom. The maximum absolute atomic E-state index is 4.58. The fraction of sp³-hybridized carbons (Fsp3) is 0.120. The first kappa shape index (κ1) is 14.6. The molecular formula is C25H17N3. The van der Waals surface area contributed by atoms with Crippen LogP contribution in [-0.4, -0.2) is 9.97 Å². The Morgan fingerprint density at radius 3 is 2.46 bits per heavy atom. The highest BCUT2D eigenvalue weighted by atomic mass is 15.2. The number of pyridine rings is 2. The molecule has 1 aliphatic carbocycles. The van der Waals surface area contributed by atoms with Gasteiger partial charge in [-0.2, -0.15) is 0 Å². The van der Waals surface area contributed by atoms with Crippen LogP contribution in [0.4, 0.5) is 17.1 Å². The zero-order valence-corrected chi connectivity index (χ0v) is 15.3. The quantitative estimate of drug-likeness (QED) is 0.367. The lowest BCUT2D eigenvalue weighted by Gasteiger charge is -2.39. The second-order valence-electron chi connectivity index (χ2n) is 7.93.